The highest BCUT2D eigenvalue weighted by Crippen LogP contribution is 2.38. The molecule has 1 heterocycles. The summed E-state index contributed by atoms with van der Waals surface area (Å²) in [4.78, 5) is 0.282. The number of benzene rings is 4. The zero-order chi connectivity index (χ0) is 24.4. The quantitative estimate of drug-likeness (QED) is 0.255. The highest BCUT2D eigenvalue weighted by molar-refractivity contribution is 7.90. The maximum atomic E-state index is 14.1. The van der Waals surface area contributed by atoms with Gasteiger partial charge in [0.2, 0.25) is 0 Å². The van der Waals surface area contributed by atoms with Crippen molar-refractivity contribution < 1.29 is 8.42 Å². The van der Waals surface area contributed by atoms with Crippen LogP contribution >= 0.6 is 0 Å². The van der Waals surface area contributed by atoms with E-state index in [1.54, 1.807) is 12.1 Å². The van der Waals surface area contributed by atoms with Crippen molar-refractivity contribution in [2.45, 2.75) is 25.2 Å². The number of fused-ring (bicyclic) bond motifs is 1. The van der Waals surface area contributed by atoms with Crippen LogP contribution in [0, 0.1) is 13.8 Å². The number of rotatable bonds is 6. The zero-order valence-corrected chi connectivity index (χ0v) is 20.7. The van der Waals surface area contributed by atoms with Crippen LogP contribution in [0.3, 0.4) is 0 Å². The summed E-state index contributed by atoms with van der Waals surface area (Å²) in [5, 5.41) is 0.956. The van der Waals surface area contributed by atoms with Crippen molar-refractivity contribution in [3.63, 3.8) is 0 Å². The van der Waals surface area contributed by atoms with Gasteiger partial charge in [-0.3, -0.25) is 0 Å². The fourth-order valence-electron chi connectivity index (χ4n) is 4.48. The van der Waals surface area contributed by atoms with Crippen LogP contribution in [0.4, 0.5) is 0 Å². The van der Waals surface area contributed by atoms with E-state index in [4.69, 9.17) is 0 Å². The molecule has 0 N–H and O–H groups in total. The Kier molecular flexibility index (Phi) is 6.14. The Balaban J connectivity index is 1.78. The van der Waals surface area contributed by atoms with Gasteiger partial charge in [-0.25, -0.2) is 12.4 Å². The zero-order valence-electron chi connectivity index (χ0n) is 19.8. The van der Waals surface area contributed by atoms with E-state index < -0.39 is 10.0 Å². The molecule has 0 aliphatic rings. The van der Waals surface area contributed by atoms with Gasteiger partial charge in [0.1, 0.15) is 0 Å². The summed E-state index contributed by atoms with van der Waals surface area (Å²) in [5.74, 6) is 0. The number of aryl methyl sites for hydroxylation is 2. The van der Waals surface area contributed by atoms with E-state index in [0.29, 0.717) is 17.6 Å². The molecule has 4 heteroatoms. The van der Waals surface area contributed by atoms with Gasteiger partial charge < -0.3 is 0 Å². The van der Waals surface area contributed by atoms with Gasteiger partial charge in [-0.15, -0.1) is 0 Å². The Morgan fingerprint density at radius 3 is 2.06 bits per heavy atom. The molecule has 0 saturated carbocycles. The molecule has 5 aromatic rings. The van der Waals surface area contributed by atoms with Crippen molar-refractivity contribution in [2.24, 2.45) is 0 Å². The Hall–Kier alpha value is -3.89. The minimum atomic E-state index is -3.84. The topological polar surface area (TPSA) is 39.1 Å². The molecule has 3 nitrogen and oxygen atoms in total. The fraction of sp³-hybridized carbons (Fsp3) is 0.0968. The summed E-state index contributed by atoms with van der Waals surface area (Å²) in [7, 11) is -3.84. The van der Waals surface area contributed by atoms with Crippen LogP contribution in [0.2, 0.25) is 0 Å². The van der Waals surface area contributed by atoms with E-state index >= 15 is 0 Å². The van der Waals surface area contributed by atoms with Gasteiger partial charge in [0.15, 0.2) is 0 Å². The maximum absolute atomic E-state index is 14.1. The molecule has 0 radical (unpaired) electrons. The molecule has 0 fully saturated rings. The highest BCUT2D eigenvalue weighted by Gasteiger charge is 2.27. The summed E-state index contributed by atoms with van der Waals surface area (Å²) in [5.41, 5.74) is 6.50. The fourth-order valence-corrected chi connectivity index (χ4v) is 6.04. The molecule has 0 unspecified atom stereocenters. The van der Waals surface area contributed by atoms with Crippen LogP contribution in [-0.4, -0.2) is 12.4 Å². The average Bonchev–Trinajstić information content (AvgIpc) is 3.19. The van der Waals surface area contributed by atoms with Crippen LogP contribution in [-0.2, 0) is 16.4 Å². The molecule has 35 heavy (non-hydrogen) atoms. The molecule has 0 amide bonds. The minimum Gasteiger partial charge on any atom is -0.233 e. The molecule has 0 spiro atoms. The molecule has 0 aliphatic carbocycles. The monoisotopic (exact) mass is 477 g/mol. The Labute approximate surface area is 207 Å². The molecule has 1 aromatic heterocycles. The van der Waals surface area contributed by atoms with Crippen molar-refractivity contribution >= 4 is 27.0 Å². The molecule has 0 saturated heterocycles. The van der Waals surface area contributed by atoms with Crippen molar-refractivity contribution in [1.29, 1.82) is 0 Å². The summed E-state index contributed by atoms with van der Waals surface area (Å²) in [6.45, 7) is 3.99. The van der Waals surface area contributed by atoms with Gasteiger partial charge in [-0.2, -0.15) is 0 Å². The summed E-state index contributed by atoms with van der Waals surface area (Å²) >= 11 is 0. The van der Waals surface area contributed by atoms with Crippen molar-refractivity contribution in [1.82, 2.24) is 3.97 Å². The second-order valence-electron chi connectivity index (χ2n) is 8.81. The number of aromatic nitrogens is 1. The molecule has 4 aromatic carbocycles. The molecular weight excluding hydrogens is 450 g/mol. The third-order valence-corrected chi connectivity index (χ3v) is 7.95. The lowest BCUT2D eigenvalue weighted by Gasteiger charge is -2.14. The Morgan fingerprint density at radius 2 is 1.37 bits per heavy atom. The summed E-state index contributed by atoms with van der Waals surface area (Å²) in [6.07, 6.45) is 4.80. The highest BCUT2D eigenvalue weighted by atomic mass is 32.2. The van der Waals surface area contributed by atoms with Crippen LogP contribution in [0.15, 0.2) is 114 Å². The second-order valence-corrected chi connectivity index (χ2v) is 10.6. The Morgan fingerprint density at radius 1 is 0.743 bits per heavy atom. The molecule has 0 aliphatic heterocycles. The van der Waals surface area contributed by atoms with Gasteiger partial charge in [0, 0.05) is 5.39 Å². The lowest BCUT2D eigenvalue weighted by atomic mass is 10.0. The van der Waals surface area contributed by atoms with Crippen molar-refractivity contribution in [3.8, 4) is 11.3 Å². The van der Waals surface area contributed by atoms with E-state index in [2.05, 4.69) is 30.4 Å². The second kappa shape index (κ2) is 9.40. The number of allylic oxidation sites excluding steroid dienone is 1. The van der Waals surface area contributed by atoms with Gasteiger partial charge >= 0.3 is 0 Å². The van der Waals surface area contributed by atoms with Gasteiger partial charge in [-0.05, 0) is 61.2 Å². The first kappa shape index (κ1) is 22.9. The van der Waals surface area contributed by atoms with Gasteiger partial charge in [0.25, 0.3) is 10.0 Å². The van der Waals surface area contributed by atoms with Crippen LogP contribution in [0.25, 0.3) is 28.2 Å². The molecule has 0 bridgehead atoms. The van der Waals surface area contributed by atoms with Crippen molar-refractivity contribution in [2.75, 3.05) is 0 Å². The number of nitrogens with zero attached hydrogens (tertiary/aromatic N) is 1. The lowest BCUT2D eigenvalue weighted by Crippen LogP contribution is -2.14. The predicted octanol–water partition coefficient (Wildman–Crippen LogP) is 7.42. The first-order valence-electron chi connectivity index (χ1n) is 11.7. The van der Waals surface area contributed by atoms with Gasteiger partial charge in [-0.1, -0.05) is 102 Å². The largest absolute Gasteiger partial charge is 0.268 e. The first-order valence-corrected chi connectivity index (χ1v) is 13.1. The van der Waals surface area contributed by atoms with E-state index in [1.165, 1.54) is 3.97 Å². The first-order chi connectivity index (χ1) is 16.9. The van der Waals surface area contributed by atoms with E-state index in [1.807, 2.05) is 86.6 Å². The average molecular weight is 478 g/mol. The van der Waals surface area contributed by atoms with E-state index in [9.17, 15) is 8.42 Å². The van der Waals surface area contributed by atoms with Crippen LogP contribution < -0.4 is 0 Å². The smallest absolute Gasteiger partial charge is 0.233 e. The van der Waals surface area contributed by atoms with Crippen LogP contribution in [0.1, 0.15) is 22.3 Å². The molecule has 174 valence electrons. The van der Waals surface area contributed by atoms with Gasteiger partial charge in [0.05, 0.1) is 16.1 Å². The standard InChI is InChI=1S/C31H27NO2S/c1-23-16-19-27(20-17-23)35(33,34)32-30-21-18-24(2)22-29(30)28(31(32)26-13-7-4-8-14-26)15-9-12-25-10-5-3-6-11-25/h3-14,16-22H,15H2,1-2H3/b12-9+. The minimum absolute atomic E-state index is 0.282. The van der Waals surface area contributed by atoms with E-state index in [-0.39, 0.29) is 4.90 Å². The van der Waals surface area contributed by atoms with Crippen LogP contribution in [0.5, 0.6) is 0 Å². The number of hydrogen-bond acceptors (Lipinski definition) is 2. The Bertz CT molecular complexity index is 1610. The SMILES string of the molecule is Cc1ccc(S(=O)(=O)n2c(-c3ccccc3)c(C/C=C/c3ccccc3)c3cc(C)ccc32)cc1. The predicted molar refractivity (Wildman–Crippen MR) is 145 cm³/mol. The van der Waals surface area contributed by atoms with Crippen molar-refractivity contribution in [3.05, 3.63) is 131 Å². The normalized spacial score (nSPS) is 11.9. The summed E-state index contributed by atoms with van der Waals surface area (Å²) < 4.78 is 29.7. The van der Waals surface area contributed by atoms with E-state index in [0.717, 1.165) is 33.2 Å². The lowest BCUT2D eigenvalue weighted by molar-refractivity contribution is 0.589. The third kappa shape index (κ3) is 4.45. The molecule has 0 atom stereocenters. The molecule has 5 rings (SSSR count). The summed E-state index contributed by atoms with van der Waals surface area (Å²) in [6, 6.07) is 33.0. The third-order valence-electron chi connectivity index (χ3n) is 6.22. The number of hydrogen-bond donors (Lipinski definition) is 0. The maximum Gasteiger partial charge on any atom is 0.268 e. The molecular formula is C31H27NO2S.